The topological polar surface area (TPSA) is 27.6 Å². The van der Waals surface area contributed by atoms with E-state index in [0.29, 0.717) is 17.3 Å². The van der Waals surface area contributed by atoms with Crippen LogP contribution in [0.15, 0.2) is 29.3 Å². The van der Waals surface area contributed by atoms with Gasteiger partial charge in [0.2, 0.25) is 0 Å². The summed E-state index contributed by atoms with van der Waals surface area (Å²) in [6.45, 7) is 0.758. The number of nitrogens with zero attached hydrogens (tertiary/aromatic N) is 2. The Morgan fingerprint density at radius 3 is 2.58 bits per heavy atom. The Morgan fingerprint density at radius 2 is 2.00 bits per heavy atom. The minimum atomic E-state index is -4.27. The van der Waals surface area contributed by atoms with Crippen molar-refractivity contribution in [3.05, 3.63) is 29.3 Å². The highest BCUT2D eigenvalue weighted by atomic mass is 35.5. The molecule has 0 aliphatic carbocycles. The maximum absolute atomic E-state index is 12.1. The monoisotopic (exact) mass is 291 g/mol. The lowest BCUT2D eigenvalue weighted by Crippen LogP contribution is -2.37. The van der Waals surface area contributed by atoms with Gasteiger partial charge in [-0.2, -0.15) is 13.2 Å². The first-order chi connectivity index (χ1) is 8.85. The summed E-state index contributed by atoms with van der Waals surface area (Å²) >= 11 is 5.80. The van der Waals surface area contributed by atoms with E-state index in [1.807, 2.05) is 6.92 Å². The number of benzene rings is 1. The number of hydrazine groups is 1. The number of aliphatic imine (C=N–C) groups is 1. The summed E-state index contributed by atoms with van der Waals surface area (Å²) in [6, 6.07) is 7.11. The van der Waals surface area contributed by atoms with Crippen LogP contribution in [0.3, 0.4) is 0 Å². The Morgan fingerprint density at radius 1 is 1.37 bits per heavy atom. The predicted octanol–water partition coefficient (Wildman–Crippen LogP) is 3.40. The second kappa shape index (κ2) is 5.28. The number of amidine groups is 1. The molecular weight excluding hydrogens is 279 g/mol. The van der Waals surface area contributed by atoms with Crippen molar-refractivity contribution in [1.82, 2.24) is 5.43 Å². The second-order valence-electron chi connectivity index (χ2n) is 4.39. The highest BCUT2D eigenvalue weighted by molar-refractivity contribution is 6.30. The van der Waals surface area contributed by atoms with Crippen LogP contribution in [-0.2, 0) is 0 Å². The Balaban J connectivity index is 2.07. The minimum absolute atomic E-state index is 0.0353. The molecule has 7 heteroatoms. The lowest BCUT2D eigenvalue weighted by molar-refractivity contribution is -0.118. The molecule has 0 amide bonds. The molecule has 19 heavy (non-hydrogen) atoms. The van der Waals surface area contributed by atoms with Crippen molar-refractivity contribution in [2.24, 2.45) is 4.99 Å². The van der Waals surface area contributed by atoms with E-state index in [4.69, 9.17) is 11.6 Å². The number of rotatable bonds is 2. The molecule has 1 aliphatic rings. The first-order valence-corrected chi connectivity index (χ1v) is 6.14. The molecule has 1 aliphatic heterocycles. The Bertz CT molecular complexity index is 470. The standard InChI is InChI=1S/C12H13ClF3N3/c1-8-6-11(17-7-12(14,15)16)18-19(8)10-4-2-9(13)3-5-10/h2-5,8H,6-7H2,1H3,(H,17,18). The molecule has 1 atom stereocenters. The minimum Gasteiger partial charge on any atom is -0.285 e. The highest BCUT2D eigenvalue weighted by Gasteiger charge is 2.29. The first-order valence-electron chi connectivity index (χ1n) is 5.77. The summed E-state index contributed by atoms with van der Waals surface area (Å²) < 4.78 is 36.3. The van der Waals surface area contributed by atoms with Crippen LogP contribution in [0.25, 0.3) is 0 Å². The maximum atomic E-state index is 12.1. The zero-order valence-corrected chi connectivity index (χ0v) is 11.0. The smallest absolute Gasteiger partial charge is 0.285 e. The molecule has 1 unspecified atom stereocenters. The molecule has 0 aromatic heterocycles. The molecule has 1 N–H and O–H groups in total. The predicted molar refractivity (Wildman–Crippen MR) is 69.5 cm³/mol. The summed E-state index contributed by atoms with van der Waals surface area (Å²) in [4.78, 5) is 3.55. The van der Waals surface area contributed by atoms with E-state index in [1.54, 1.807) is 29.3 Å². The lowest BCUT2D eigenvalue weighted by atomic mass is 10.2. The molecule has 104 valence electrons. The van der Waals surface area contributed by atoms with Gasteiger partial charge in [0.1, 0.15) is 12.4 Å². The van der Waals surface area contributed by atoms with Gasteiger partial charge in [0.05, 0.1) is 11.7 Å². The number of halogens is 4. The van der Waals surface area contributed by atoms with Crippen LogP contribution >= 0.6 is 11.6 Å². The third kappa shape index (κ3) is 3.76. The van der Waals surface area contributed by atoms with Gasteiger partial charge >= 0.3 is 6.18 Å². The maximum Gasteiger partial charge on any atom is 0.408 e. The number of nitrogens with one attached hydrogen (secondary N) is 1. The van der Waals surface area contributed by atoms with Crippen molar-refractivity contribution in [1.29, 1.82) is 0 Å². The van der Waals surface area contributed by atoms with Crippen molar-refractivity contribution in [2.45, 2.75) is 25.6 Å². The molecule has 1 aromatic rings. The molecular formula is C12H13ClF3N3. The molecule has 1 heterocycles. The summed E-state index contributed by atoms with van der Waals surface area (Å²) in [5, 5.41) is 2.40. The molecule has 2 rings (SSSR count). The van der Waals surface area contributed by atoms with Gasteiger partial charge in [0.25, 0.3) is 0 Å². The van der Waals surface area contributed by atoms with E-state index in [9.17, 15) is 13.2 Å². The van der Waals surface area contributed by atoms with E-state index < -0.39 is 12.7 Å². The van der Waals surface area contributed by atoms with Gasteiger partial charge in [0, 0.05) is 11.4 Å². The zero-order valence-electron chi connectivity index (χ0n) is 10.2. The molecule has 1 fully saturated rings. The molecule has 0 bridgehead atoms. The Labute approximate surface area is 114 Å². The van der Waals surface area contributed by atoms with Gasteiger partial charge < -0.3 is 0 Å². The fourth-order valence-electron chi connectivity index (χ4n) is 1.87. The van der Waals surface area contributed by atoms with Crippen molar-refractivity contribution < 1.29 is 13.2 Å². The first kappa shape index (κ1) is 14.0. The molecule has 0 radical (unpaired) electrons. The van der Waals surface area contributed by atoms with E-state index in [0.717, 1.165) is 5.69 Å². The number of alkyl halides is 3. The van der Waals surface area contributed by atoms with Crippen LogP contribution in [0.1, 0.15) is 13.3 Å². The van der Waals surface area contributed by atoms with Gasteiger partial charge in [-0.15, -0.1) is 0 Å². The third-order valence-corrected chi connectivity index (χ3v) is 2.99. The van der Waals surface area contributed by atoms with Gasteiger partial charge in [-0.3, -0.25) is 15.4 Å². The van der Waals surface area contributed by atoms with Crippen molar-refractivity contribution in [3.8, 4) is 0 Å². The van der Waals surface area contributed by atoms with Crippen LogP contribution in [0.2, 0.25) is 5.02 Å². The second-order valence-corrected chi connectivity index (χ2v) is 4.83. The van der Waals surface area contributed by atoms with Crippen LogP contribution in [0.4, 0.5) is 18.9 Å². The van der Waals surface area contributed by atoms with Gasteiger partial charge in [-0.05, 0) is 31.2 Å². The Kier molecular flexibility index (Phi) is 3.89. The van der Waals surface area contributed by atoms with Gasteiger partial charge in [-0.1, -0.05) is 11.6 Å². The molecule has 0 spiro atoms. The summed E-state index contributed by atoms with van der Waals surface area (Å²) in [6.07, 6.45) is -3.82. The van der Waals surface area contributed by atoms with E-state index in [-0.39, 0.29) is 6.04 Å². The summed E-state index contributed by atoms with van der Waals surface area (Å²) in [5.74, 6) is 0.347. The van der Waals surface area contributed by atoms with Crippen LogP contribution in [0, 0.1) is 0 Å². The fourth-order valence-corrected chi connectivity index (χ4v) is 2.00. The lowest BCUT2D eigenvalue weighted by Gasteiger charge is -2.23. The van der Waals surface area contributed by atoms with Crippen LogP contribution in [0.5, 0.6) is 0 Å². The van der Waals surface area contributed by atoms with Crippen molar-refractivity contribution >= 4 is 23.1 Å². The van der Waals surface area contributed by atoms with Crippen molar-refractivity contribution in [2.75, 3.05) is 11.6 Å². The normalized spacial score (nSPS) is 21.8. The fraction of sp³-hybridized carbons (Fsp3) is 0.417. The van der Waals surface area contributed by atoms with Gasteiger partial charge in [0.15, 0.2) is 0 Å². The van der Waals surface area contributed by atoms with E-state index in [1.165, 1.54) is 0 Å². The SMILES string of the molecule is CC1CC(=NCC(F)(F)F)NN1c1ccc(Cl)cc1. The highest BCUT2D eigenvalue weighted by Crippen LogP contribution is 2.23. The van der Waals surface area contributed by atoms with Crippen LogP contribution in [-0.4, -0.2) is 24.6 Å². The van der Waals surface area contributed by atoms with Crippen molar-refractivity contribution in [3.63, 3.8) is 0 Å². The summed E-state index contributed by atoms with van der Waals surface area (Å²) in [7, 11) is 0. The number of anilines is 1. The average Bonchev–Trinajstić information content (AvgIpc) is 2.68. The summed E-state index contributed by atoms with van der Waals surface area (Å²) in [5.41, 5.74) is 3.73. The van der Waals surface area contributed by atoms with Crippen LogP contribution < -0.4 is 10.4 Å². The molecule has 3 nitrogen and oxygen atoms in total. The average molecular weight is 292 g/mol. The number of hydrogen-bond donors (Lipinski definition) is 1. The van der Waals surface area contributed by atoms with E-state index >= 15 is 0 Å². The molecule has 1 aromatic carbocycles. The quantitative estimate of drug-likeness (QED) is 0.904. The number of hydrogen-bond acceptors (Lipinski definition) is 2. The third-order valence-electron chi connectivity index (χ3n) is 2.73. The van der Waals surface area contributed by atoms with Gasteiger partial charge in [-0.25, -0.2) is 0 Å². The zero-order chi connectivity index (χ0) is 14.0. The molecule has 0 saturated carbocycles. The molecule has 1 saturated heterocycles. The Hall–Kier alpha value is -1.43. The van der Waals surface area contributed by atoms with E-state index in [2.05, 4.69) is 10.4 Å². The largest absolute Gasteiger partial charge is 0.408 e.